The first kappa shape index (κ1) is 16.3. The monoisotopic (exact) mass is 389 g/mol. The summed E-state index contributed by atoms with van der Waals surface area (Å²) in [5.74, 6) is 0. The van der Waals surface area contributed by atoms with Gasteiger partial charge in [-0.2, -0.15) is 0 Å². The highest BCUT2D eigenvalue weighted by molar-refractivity contribution is 9.11. The molecule has 0 saturated carbocycles. The third-order valence-electron chi connectivity index (χ3n) is 3.03. The topological polar surface area (TPSA) is 75.4 Å². The quantitative estimate of drug-likeness (QED) is 0.770. The van der Waals surface area contributed by atoms with Crippen LogP contribution < -0.4 is 15.4 Å². The number of thiophene rings is 1. The molecule has 5 nitrogen and oxygen atoms in total. The van der Waals surface area contributed by atoms with E-state index < -0.39 is 10.0 Å². The molecule has 0 aliphatic carbocycles. The number of anilines is 2. The van der Waals surface area contributed by atoms with E-state index in [1.807, 2.05) is 11.9 Å². The minimum Gasteiger partial charge on any atom is -0.397 e. The lowest BCUT2D eigenvalue weighted by atomic mass is 10.2. The maximum atomic E-state index is 11.7. The normalized spacial score (nSPS) is 11.6. The van der Waals surface area contributed by atoms with Crippen LogP contribution in [0.2, 0.25) is 0 Å². The molecule has 1 heterocycles. The average molecular weight is 390 g/mol. The average Bonchev–Trinajstić information content (AvgIpc) is 2.83. The van der Waals surface area contributed by atoms with E-state index in [4.69, 9.17) is 5.73 Å². The van der Waals surface area contributed by atoms with Crippen molar-refractivity contribution >= 4 is 48.7 Å². The first-order valence-electron chi connectivity index (χ1n) is 6.10. The van der Waals surface area contributed by atoms with Crippen molar-refractivity contribution in [2.24, 2.45) is 0 Å². The lowest BCUT2D eigenvalue weighted by molar-refractivity contribution is 0.588. The summed E-state index contributed by atoms with van der Waals surface area (Å²) in [7, 11) is -0.177. The minimum atomic E-state index is -3.47. The number of hydrogen-bond acceptors (Lipinski definition) is 5. The van der Waals surface area contributed by atoms with Gasteiger partial charge in [0.05, 0.1) is 20.1 Å². The molecule has 0 fully saturated rings. The third-order valence-corrected chi connectivity index (χ3v) is 6.00. The molecule has 114 valence electrons. The fourth-order valence-electron chi connectivity index (χ4n) is 1.95. The molecule has 0 aliphatic rings. The zero-order chi connectivity index (χ0) is 15.6. The first-order chi connectivity index (χ1) is 9.83. The maximum Gasteiger partial charge on any atom is 0.240 e. The molecule has 0 spiro atoms. The third kappa shape index (κ3) is 3.76. The Labute approximate surface area is 137 Å². The fourth-order valence-corrected chi connectivity index (χ4v) is 3.92. The molecule has 2 aromatic rings. The van der Waals surface area contributed by atoms with Crippen LogP contribution in [0, 0.1) is 0 Å². The van der Waals surface area contributed by atoms with E-state index in [-0.39, 0.29) is 4.90 Å². The molecule has 0 radical (unpaired) electrons. The molecule has 0 atom stereocenters. The van der Waals surface area contributed by atoms with Gasteiger partial charge in [-0.3, -0.25) is 0 Å². The van der Waals surface area contributed by atoms with Crippen LogP contribution in [-0.4, -0.2) is 22.5 Å². The standard InChI is InChI=1S/C13H16BrN3O2S2/c1-16-21(18,19)10-3-4-12(11(15)6-10)17(2)7-9-5-13(14)20-8-9/h3-6,8,16H,7,15H2,1-2H3. The molecule has 21 heavy (non-hydrogen) atoms. The Morgan fingerprint density at radius 2 is 2.10 bits per heavy atom. The molecule has 0 unspecified atom stereocenters. The number of hydrogen-bond donors (Lipinski definition) is 2. The van der Waals surface area contributed by atoms with Crippen LogP contribution >= 0.6 is 27.3 Å². The Hall–Kier alpha value is -1.09. The number of sulfonamides is 1. The van der Waals surface area contributed by atoms with Gasteiger partial charge in [0.25, 0.3) is 0 Å². The van der Waals surface area contributed by atoms with E-state index in [0.29, 0.717) is 12.2 Å². The van der Waals surface area contributed by atoms with E-state index in [1.54, 1.807) is 23.5 Å². The summed E-state index contributed by atoms with van der Waals surface area (Å²) in [6, 6.07) is 6.80. The van der Waals surface area contributed by atoms with Gasteiger partial charge in [0.2, 0.25) is 10.0 Å². The molecule has 1 aromatic carbocycles. The Kier molecular flexibility index (Phi) is 4.92. The Morgan fingerprint density at radius 1 is 1.38 bits per heavy atom. The Balaban J connectivity index is 2.24. The smallest absolute Gasteiger partial charge is 0.240 e. The summed E-state index contributed by atoms with van der Waals surface area (Å²) in [4.78, 5) is 2.15. The summed E-state index contributed by atoms with van der Waals surface area (Å²) < 4.78 is 26.8. The van der Waals surface area contributed by atoms with Crippen LogP contribution in [-0.2, 0) is 16.6 Å². The zero-order valence-corrected chi connectivity index (χ0v) is 14.8. The van der Waals surface area contributed by atoms with E-state index in [1.165, 1.54) is 18.7 Å². The van der Waals surface area contributed by atoms with Crippen LogP contribution in [0.15, 0.2) is 38.3 Å². The predicted molar refractivity (Wildman–Crippen MR) is 91.2 cm³/mol. The summed E-state index contributed by atoms with van der Waals surface area (Å²) in [5.41, 5.74) is 8.39. The highest BCUT2D eigenvalue weighted by Gasteiger charge is 2.14. The summed E-state index contributed by atoms with van der Waals surface area (Å²) in [6.45, 7) is 0.699. The van der Waals surface area contributed by atoms with Gasteiger partial charge in [-0.1, -0.05) is 0 Å². The molecule has 0 saturated heterocycles. The molecule has 0 bridgehead atoms. The number of nitrogens with zero attached hydrogens (tertiary/aromatic N) is 1. The molecule has 1 aromatic heterocycles. The lowest BCUT2D eigenvalue weighted by Crippen LogP contribution is -2.20. The van der Waals surface area contributed by atoms with Crippen molar-refractivity contribution in [3.63, 3.8) is 0 Å². The SMILES string of the molecule is CNS(=O)(=O)c1ccc(N(C)Cc2csc(Br)c2)c(N)c1. The van der Waals surface area contributed by atoms with Crippen LogP contribution in [0.25, 0.3) is 0 Å². The fraction of sp³-hybridized carbons (Fsp3) is 0.231. The molecule has 3 N–H and O–H groups in total. The van der Waals surface area contributed by atoms with Crippen molar-refractivity contribution in [3.8, 4) is 0 Å². The minimum absolute atomic E-state index is 0.165. The van der Waals surface area contributed by atoms with Crippen LogP contribution in [0.4, 0.5) is 11.4 Å². The number of nitrogen functional groups attached to an aromatic ring is 1. The van der Waals surface area contributed by atoms with Crippen molar-refractivity contribution in [1.82, 2.24) is 4.72 Å². The van der Waals surface area contributed by atoms with E-state index >= 15 is 0 Å². The van der Waals surface area contributed by atoms with E-state index in [0.717, 1.165) is 9.47 Å². The highest BCUT2D eigenvalue weighted by atomic mass is 79.9. The number of benzene rings is 1. The van der Waals surface area contributed by atoms with Gasteiger partial charge < -0.3 is 10.6 Å². The van der Waals surface area contributed by atoms with Gasteiger partial charge in [-0.05, 0) is 58.2 Å². The summed E-state index contributed by atoms with van der Waals surface area (Å²) >= 11 is 5.06. The second kappa shape index (κ2) is 6.35. The number of rotatable bonds is 5. The second-order valence-corrected chi connectivity index (χ2v) is 8.72. The van der Waals surface area contributed by atoms with Crippen molar-refractivity contribution in [3.05, 3.63) is 39.0 Å². The number of nitrogens with two attached hydrogens (primary N) is 1. The molecule has 2 rings (SSSR count). The number of nitrogens with one attached hydrogen (secondary N) is 1. The predicted octanol–water partition coefficient (Wildman–Crippen LogP) is 2.64. The van der Waals surface area contributed by atoms with Crippen LogP contribution in [0.5, 0.6) is 0 Å². The zero-order valence-electron chi connectivity index (χ0n) is 11.6. The molecular weight excluding hydrogens is 374 g/mol. The van der Waals surface area contributed by atoms with Gasteiger partial charge in [-0.15, -0.1) is 11.3 Å². The van der Waals surface area contributed by atoms with E-state index in [2.05, 4.69) is 32.1 Å². The first-order valence-corrected chi connectivity index (χ1v) is 9.26. The second-order valence-electron chi connectivity index (χ2n) is 4.54. The maximum absolute atomic E-state index is 11.7. The van der Waals surface area contributed by atoms with Crippen LogP contribution in [0.3, 0.4) is 0 Å². The lowest BCUT2D eigenvalue weighted by Gasteiger charge is -2.21. The Bertz CT molecular complexity index is 744. The highest BCUT2D eigenvalue weighted by Crippen LogP contribution is 2.28. The van der Waals surface area contributed by atoms with Crippen molar-refractivity contribution in [1.29, 1.82) is 0 Å². The summed E-state index contributed by atoms with van der Waals surface area (Å²) in [6.07, 6.45) is 0. The van der Waals surface area contributed by atoms with Crippen molar-refractivity contribution in [2.45, 2.75) is 11.4 Å². The van der Waals surface area contributed by atoms with Gasteiger partial charge in [0.1, 0.15) is 0 Å². The largest absolute Gasteiger partial charge is 0.397 e. The van der Waals surface area contributed by atoms with E-state index in [9.17, 15) is 8.42 Å². The molecule has 0 aliphatic heterocycles. The van der Waals surface area contributed by atoms with Crippen molar-refractivity contribution < 1.29 is 8.42 Å². The number of halogens is 1. The van der Waals surface area contributed by atoms with Crippen molar-refractivity contribution in [2.75, 3.05) is 24.7 Å². The molecular formula is C13H16BrN3O2S2. The summed E-state index contributed by atoms with van der Waals surface area (Å²) in [5, 5.41) is 2.07. The van der Waals surface area contributed by atoms with Gasteiger partial charge in [-0.25, -0.2) is 13.1 Å². The van der Waals surface area contributed by atoms with Gasteiger partial charge in [0, 0.05) is 13.6 Å². The van der Waals surface area contributed by atoms with Gasteiger partial charge in [0.15, 0.2) is 0 Å². The van der Waals surface area contributed by atoms with Crippen LogP contribution in [0.1, 0.15) is 5.56 Å². The molecule has 0 amide bonds. The Morgan fingerprint density at radius 3 is 2.62 bits per heavy atom. The van der Waals surface area contributed by atoms with Gasteiger partial charge >= 0.3 is 0 Å². The molecule has 8 heteroatoms.